The minimum Gasteiger partial charge on any atom is -0.416 e. The molecule has 4 heterocycles. The molecule has 0 aliphatic carbocycles. The van der Waals surface area contributed by atoms with Crippen LogP contribution >= 0.6 is 0 Å². The number of alkyl halides is 3. The number of nitrogens with zero attached hydrogens (tertiary/aromatic N) is 4. The van der Waals surface area contributed by atoms with E-state index in [0.29, 0.717) is 11.2 Å². The SMILES string of the molecule is O=c1cc(C2CCNCC2)n2ncc(-c3nnc(-c4ccccc4C(F)(F)F)o3)c2[nH]1. The van der Waals surface area contributed by atoms with Crippen molar-refractivity contribution in [2.75, 3.05) is 13.1 Å². The molecule has 0 spiro atoms. The maximum Gasteiger partial charge on any atom is 0.417 e. The highest BCUT2D eigenvalue weighted by atomic mass is 19.4. The average Bonchev–Trinajstić information content (AvgIpc) is 3.40. The Bertz CT molecular complexity index is 1300. The van der Waals surface area contributed by atoms with Crippen LogP contribution in [0.2, 0.25) is 0 Å². The summed E-state index contributed by atoms with van der Waals surface area (Å²) in [6, 6.07) is 6.51. The number of benzene rings is 1. The van der Waals surface area contributed by atoms with Crippen LogP contribution in [0.5, 0.6) is 0 Å². The van der Waals surface area contributed by atoms with Crippen molar-refractivity contribution in [1.29, 1.82) is 0 Å². The zero-order valence-corrected chi connectivity index (χ0v) is 16.1. The van der Waals surface area contributed by atoms with Crippen molar-refractivity contribution in [1.82, 2.24) is 30.1 Å². The highest BCUT2D eigenvalue weighted by Gasteiger charge is 2.35. The van der Waals surface area contributed by atoms with Crippen molar-refractivity contribution in [3.63, 3.8) is 0 Å². The van der Waals surface area contributed by atoms with Crippen molar-refractivity contribution in [2.45, 2.75) is 24.9 Å². The zero-order valence-electron chi connectivity index (χ0n) is 16.1. The summed E-state index contributed by atoms with van der Waals surface area (Å²) in [6.45, 7) is 1.69. The molecule has 3 aromatic heterocycles. The molecule has 0 unspecified atom stereocenters. The van der Waals surface area contributed by atoms with Crippen molar-refractivity contribution >= 4 is 5.65 Å². The Morgan fingerprint density at radius 2 is 1.77 bits per heavy atom. The number of aromatic amines is 1. The molecular weight excluding hydrogens is 413 g/mol. The second-order valence-corrected chi connectivity index (χ2v) is 7.36. The van der Waals surface area contributed by atoms with E-state index in [0.717, 1.165) is 37.7 Å². The molecule has 0 radical (unpaired) electrons. The lowest BCUT2D eigenvalue weighted by atomic mass is 9.94. The van der Waals surface area contributed by atoms with Crippen LogP contribution in [0, 0.1) is 0 Å². The normalized spacial score (nSPS) is 15.6. The molecule has 1 aliphatic heterocycles. The standard InChI is InChI=1S/C20H17F3N6O2/c21-20(22,23)14-4-2-1-3-12(14)18-27-28-19(31-18)13-10-25-29-15(9-16(30)26-17(13)29)11-5-7-24-8-6-11/h1-4,9-11,24H,5-8H2,(H,26,30). The highest BCUT2D eigenvalue weighted by Crippen LogP contribution is 2.37. The number of hydrogen-bond acceptors (Lipinski definition) is 6. The van der Waals surface area contributed by atoms with Crippen LogP contribution in [-0.2, 0) is 6.18 Å². The van der Waals surface area contributed by atoms with Crippen LogP contribution in [0.15, 0.2) is 45.7 Å². The molecule has 0 atom stereocenters. The quantitative estimate of drug-likeness (QED) is 0.518. The molecule has 160 valence electrons. The fourth-order valence-corrected chi connectivity index (χ4v) is 3.94. The van der Waals surface area contributed by atoms with Gasteiger partial charge in [-0.1, -0.05) is 12.1 Å². The van der Waals surface area contributed by atoms with Crippen molar-refractivity contribution in [3.05, 3.63) is 58.1 Å². The van der Waals surface area contributed by atoms with Crippen LogP contribution < -0.4 is 10.9 Å². The number of hydrogen-bond donors (Lipinski definition) is 2. The van der Waals surface area contributed by atoms with Gasteiger partial charge in [-0.2, -0.15) is 18.3 Å². The Hall–Kier alpha value is -3.47. The largest absolute Gasteiger partial charge is 0.417 e. The van der Waals surface area contributed by atoms with Gasteiger partial charge in [-0.3, -0.25) is 4.79 Å². The Kier molecular flexibility index (Phi) is 4.62. The third kappa shape index (κ3) is 3.50. The number of fused-ring (bicyclic) bond motifs is 1. The third-order valence-corrected chi connectivity index (χ3v) is 5.41. The number of rotatable bonds is 3. The summed E-state index contributed by atoms with van der Waals surface area (Å²) in [5, 5.41) is 15.4. The molecule has 31 heavy (non-hydrogen) atoms. The first-order valence-corrected chi connectivity index (χ1v) is 9.74. The summed E-state index contributed by atoms with van der Waals surface area (Å²) in [5.74, 6) is -0.130. The molecule has 11 heteroatoms. The van der Waals surface area contributed by atoms with Crippen LogP contribution in [0.1, 0.15) is 30.0 Å². The van der Waals surface area contributed by atoms with E-state index in [1.807, 2.05) is 0 Å². The lowest BCUT2D eigenvalue weighted by Gasteiger charge is -2.23. The molecule has 1 aromatic carbocycles. The second-order valence-electron chi connectivity index (χ2n) is 7.36. The lowest BCUT2D eigenvalue weighted by molar-refractivity contribution is -0.137. The fraction of sp³-hybridized carbons (Fsp3) is 0.300. The summed E-state index contributed by atoms with van der Waals surface area (Å²) >= 11 is 0. The minimum atomic E-state index is -4.56. The topological polar surface area (TPSA) is 101 Å². The molecule has 0 bridgehead atoms. The second kappa shape index (κ2) is 7.34. The lowest BCUT2D eigenvalue weighted by Crippen LogP contribution is -2.28. The van der Waals surface area contributed by atoms with Gasteiger partial charge in [0.05, 0.1) is 23.0 Å². The third-order valence-electron chi connectivity index (χ3n) is 5.41. The number of piperidine rings is 1. The summed E-state index contributed by atoms with van der Waals surface area (Å²) < 4.78 is 47.2. The molecule has 4 aromatic rings. The van der Waals surface area contributed by atoms with Gasteiger partial charge in [0.25, 0.3) is 11.4 Å². The fourth-order valence-electron chi connectivity index (χ4n) is 3.94. The van der Waals surface area contributed by atoms with Gasteiger partial charge in [0, 0.05) is 12.0 Å². The number of nitrogens with one attached hydrogen (secondary N) is 2. The van der Waals surface area contributed by atoms with Gasteiger partial charge in [-0.25, -0.2) is 4.52 Å². The molecule has 1 saturated heterocycles. The molecule has 2 N–H and O–H groups in total. The van der Waals surface area contributed by atoms with E-state index >= 15 is 0 Å². The van der Waals surface area contributed by atoms with E-state index in [1.54, 1.807) is 4.52 Å². The van der Waals surface area contributed by atoms with Crippen molar-refractivity contribution in [3.8, 4) is 22.9 Å². The monoisotopic (exact) mass is 430 g/mol. The molecule has 0 saturated carbocycles. The first kappa shape index (κ1) is 19.5. The van der Waals surface area contributed by atoms with E-state index < -0.39 is 11.7 Å². The molecular formula is C20H17F3N6O2. The van der Waals surface area contributed by atoms with Gasteiger partial charge >= 0.3 is 6.18 Å². The molecule has 0 amide bonds. The summed E-state index contributed by atoms with van der Waals surface area (Å²) in [7, 11) is 0. The predicted octanol–water partition coefficient (Wildman–Crippen LogP) is 3.23. The molecule has 8 nitrogen and oxygen atoms in total. The first-order chi connectivity index (χ1) is 14.9. The average molecular weight is 430 g/mol. The smallest absolute Gasteiger partial charge is 0.416 e. The summed E-state index contributed by atoms with van der Waals surface area (Å²) in [5.41, 5.74) is 0.0934. The van der Waals surface area contributed by atoms with Gasteiger partial charge in [0.2, 0.25) is 5.89 Å². The molecule has 1 fully saturated rings. The van der Waals surface area contributed by atoms with Crippen LogP contribution in [0.25, 0.3) is 28.6 Å². The van der Waals surface area contributed by atoms with Crippen molar-refractivity contribution in [2.24, 2.45) is 0 Å². The van der Waals surface area contributed by atoms with Gasteiger partial charge < -0.3 is 14.7 Å². The Morgan fingerprint density at radius 1 is 1.06 bits per heavy atom. The Morgan fingerprint density at radius 3 is 2.52 bits per heavy atom. The Labute approximate surface area is 173 Å². The number of H-pyrrole nitrogens is 1. The van der Waals surface area contributed by atoms with Gasteiger partial charge in [-0.05, 0) is 38.1 Å². The van der Waals surface area contributed by atoms with Gasteiger partial charge in [0.15, 0.2) is 0 Å². The zero-order chi connectivity index (χ0) is 21.6. The van der Waals surface area contributed by atoms with E-state index in [-0.39, 0.29) is 28.8 Å². The van der Waals surface area contributed by atoms with Gasteiger partial charge in [0.1, 0.15) is 11.2 Å². The maximum absolute atomic E-state index is 13.3. The van der Waals surface area contributed by atoms with Crippen LogP contribution in [-0.4, -0.2) is 37.9 Å². The summed E-state index contributed by atoms with van der Waals surface area (Å²) in [4.78, 5) is 15.0. The van der Waals surface area contributed by atoms with Gasteiger partial charge in [-0.15, -0.1) is 10.2 Å². The van der Waals surface area contributed by atoms with Crippen LogP contribution in [0.4, 0.5) is 13.2 Å². The first-order valence-electron chi connectivity index (χ1n) is 9.74. The maximum atomic E-state index is 13.3. The van der Waals surface area contributed by atoms with Crippen molar-refractivity contribution < 1.29 is 17.6 Å². The van der Waals surface area contributed by atoms with Crippen LogP contribution in [0.3, 0.4) is 0 Å². The minimum absolute atomic E-state index is 0.0277. The summed E-state index contributed by atoms with van der Waals surface area (Å²) in [6.07, 6.45) is -1.37. The van der Waals surface area contributed by atoms with E-state index in [1.165, 1.54) is 30.5 Å². The van der Waals surface area contributed by atoms with E-state index in [4.69, 9.17) is 4.42 Å². The molecule has 5 rings (SSSR count). The predicted molar refractivity (Wildman–Crippen MR) is 104 cm³/mol. The number of aromatic nitrogens is 5. The van der Waals surface area contributed by atoms with E-state index in [9.17, 15) is 18.0 Å². The highest BCUT2D eigenvalue weighted by molar-refractivity contribution is 5.72. The molecule has 1 aliphatic rings. The Balaban J connectivity index is 1.59. The number of halogens is 3. The van der Waals surface area contributed by atoms with E-state index in [2.05, 4.69) is 25.6 Å².